The van der Waals surface area contributed by atoms with Crippen LogP contribution in [0.3, 0.4) is 0 Å². The first-order valence-electron chi connectivity index (χ1n) is 5.76. The van der Waals surface area contributed by atoms with E-state index in [0.717, 1.165) is 11.4 Å². The van der Waals surface area contributed by atoms with E-state index in [1.807, 2.05) is 37.3 Å². The normalized spacial score (nSPS) is 9.83. The Labute approximate surface area is 112 Å². The van der Waals surface area contributed by atoms with Crippen LogP contribution in [0.1, 0.15) is 11.3 Å². The average molecular weight is 257 g/mol. The highest BCUT2D eigenvalue weighted by Gasteiger charge is 2.00. The van der Waals surface area contributed by atoms with Crippen molar-refractivity contribution in [2.45, 2.75) is 13.5 Å². The molecule has 0 atom stereocenters. The molecule has 0 fully saturated rings. The van der Waals surface area contributed by atoms with Gasteiger partial charge >= 0.3 is 0 Å². The van der Waals surface area contributed by atoms with Gasteiger partial charge in [-0.2, -0.15) is 0 Å². The molecule has 0 aliphatic rings. The number of hydrogen-bond acceptors (Lipinski definition) is 2. The molecule has 2 rings (SSSR count). The molecule has 1 aromatic carbocycles. The second kappa shape index (κ2) is 6.12. The van der Waals surface area contributed by atoms with Gasteiger partial charge in [-0.15, -0.1) is 0 Å². The van der Waals surface area contributed by atoms with Crippen molar-refractivity contribution < 1.29 is 0 Å². The number of aromatic nitrogens is 1. The van der Waals surface area contributed by atoms with Gasteiger partial charge in [-0.3, -0.25) is 4.98 Å². The lowest BCUT2D eigenvalue weighted by molar-refractivity contribution is 0.925. The summed E-state index contributed by atoms with van der Waals surface area (Å²) in [6.45, 7) is 2.66. The summed E-state index contributed by atoms with van der Waals surface area (Å²) in [5.41, 5.74) is 3.06. The monoisotopic (exact) mass is 257 g/mol. The highest BCUT2D eigenvalue weighted by molar-refractivity contribution is 7.80. The van der Waals surface area contributed by atoms with Crippen LogP contribution in [0, 0.1) is 6.92 Å². The largest absolute Gasteiger partial charge is 0.358 e. The van der Waals surface area contributed by atoms with Gasteiger partial charge in [0.25, 0.3) is 0 Å². The van der Waals surface area contributed by atoms with Gasteiger partial charge < -0.3 is 10.6 Å². The quantitative estimate of drug-likeness (QED) is 0.829. The van der Waals surface area contributed by atoms with Gasteiger partial charge in [0, 0.05) is 12.7 Å². The summed E-state index contributed by atoms with van der Waals surface area (Å²) in [5.74, 6) is 0. The molecular formula is C14H15N3S. The van der Waals surface area contributed by atoms with E-state index >= 15 is 0 Å². The molecule has 2 aromatic rings. The molecule has 0 saturated heterocycles. The summed E-state index contributed by atoms with van der Waals surface area (Å²) in [7, 11) is 0. The molecule has 0 aliphatic heterocycles. The minimum Gasteiger partial charge on any atom is -0.358 e. The molecule has 1 heterocycles. The van der Waals surface area contributed by atoms with Crippen LogP contribution in [0.4, 0.5) is 5.69 Å². The summed E-state index contributed by atoms with van der Waals surface area (Å²) < 4.78 is 0. The zero-order chi connectivity index (χ0) is 12.8. The van der Waals surface area contributed by atoms with Crippen LogP contribution >= 0.6 is 12.2 Å². The molecule has 0 amide bonds. The Kier molecular flexibility index (Phi) is 4.25. The van der Waals surface area contributed by atoms with Crippen LogP contribution in [-0.2, 0) is 6.54 Å². The number of nitrogens with one attached hydrogen (secondary N) is 2. The number of aryl methyl sites for hydroxylation is 1. The second-order valence-electron chi connectivity index (χ2n) is 3.93. The molecule has 0 unspecified atom stereocenters. The maximum atomic E-state index is 5.24. The van der Waals surface area contributed by atoms with E-state index < -0.39 is 0 Å². The van der Waals surface area contributed by atoms with Crippen molar-refractivity contribution in [1.82, 2.24) is 10.3 Å². The smallest absolute Gasteiger partial charge is 0.171 e. The van der Waals surface area contributed by atoms with E-state index in [0.29, 0.717) is 11.7 Å². The Hall–Kier alpha value is -1.94. The fraction of sp³-hybridized carbons (Fsp3) is 0.143. The molecule has 2 N–H and O–H groups in total. The number of rotatable bonds is 3. The van der Waals surface area contributed by atoms with E-state index in [2.05, 4.69) is 27.8 Å². The first-order chi connectivity index (χ1) is 8.75. The van der Waals surface area contributed by atoms with Crippen molar-refractivity contribution in [3.05, 3.63) is 59.9 Å². The number of pyridine rings is 1. The second-order valence-corrected chi connectivity index (χ2v) is 4.34. The van der Waals surface area contributed by atoms with Gasteiger partial charge in [0.2, 0.25) is 0 Å². The van der Waals surface area contributed by atoms with E-state index in [9.17, 15) is 0 Å². The van der Waals surface area contributed by atoms with Crippen molar-refractivity contribution in [3.63, 3.8) is 0 Å². The van der Waals surface area contributed by atoms with E-state index in [1.165, 1.54) is 5.56 Å². The van der Waals surface area contributed by atoms with Crippen molar-refractivity contribution in [2.75, 3.05) is 5.32 Å². The highest BCUT2D eigenvalue weighted by Crippen LogP contribution is 2.09. The highest BCUT2D eigenvalue weighted by atomic mass is 32.1. The molecule has 92 valence electrons. The Morgan fingerprint density at radius 3 is 2.67 bits per heavy atom. The number of hydrogen-bond donors (Lipinski definition) is 2. The van der Waals surface area contributed by atoms with Crippen LogP contribution in [0.2, 0.25) is 0 Å². The molecule has 0 radical (unpaired) electrons. The molecule has 3 nitrogen and oxygen atoms in total. The molecule has 4 heteroatoms. The predicted octanol–water partition coefficient (Wildman–Crippen LogP) is 2.88. The van der Waals surface area contributed by atoms with Gasteiger partial charge in [0.15, 0.2) is 5.11 Å². The van der Waals surface area contributed by atoms with Gasteiger partial charge in [-0.1, -0.05) is 30.3 Å². The molecule has 18 heavy (non-hydrogen) atoms. The van der Waals surface area contributed by atoms with Crippen LogP contribution in [-0.4, -0.2) is 10.1 Å². The van der Waals surface area contributed by atoms with Crippen molar-refractivity contribution >= 4 is 23.0 Å². The van der Waals surface area contributed by atoms with E-state index in [-0.39, 0.29) is 0 Å². The van der Waals surface area contributed by atoms with E-state index in [1.54, 1.807) is 6.20 Å². The summed E-state index contributed by atoms with van der Waals surface area (Å²) >= 11 is 5.24. The minimum absolute atomic E-state index is 0.606. The molecule has 0 spiro atoms. The Morgan fingerprint density at radius 2 is 1.94 bits per heavy atom. The zero-order valence-corrected chi connectivity index (χ0v) is 11.0. The van der Waals surface area contributed by atoms with Crippen LogP contribution < -0.4 is 10.6 Å². The fourth-order valence-electron chi connectivity index (χ4n) is 1.56. The van der Waals surface area contributed by atoms with Crippen molar-refractivity contribution in [3.8, 4) is 0 Å². The number of thiocarbonyl (C=S) groups is 1. The topological polar surface area (TPSA) is 37.0 Å². The maximum absolute atomic E-state index is 5.24. The Morgan fingerprint density at radius 1 is 1.17 bits per heavy atom. The number of anilines is 1. The SMILES string of the molecule is Cc1ncccc1NC(=S)NCc1ccccc1. The Balaban J connectivity index is 1.88. The minimum atomic E-state index is 0.606. The van der Waals surface area contributed by atoms with Crippen molar-refractivity contribution in [1.29, 1.82) is 0 Å². The maximum Gasteiger partial charge on any atom is 0.171 e. The summed E-state index contributed by atoms with van der Waals surface area (Å²) in [4.78, 5) is 4.20. The third-order valence-electron chi connectivity index (χ3n) is 2.55. The zero-order valence-electron chi connectivity index (χ0n) is 10.2. The summed E-state index contributed by atoms with van der Waals surface area (Å²) in [5, 5.41) is 6.91. The third kappa shape index (κ3) is 3.53. The fourth-order valence-corrected chi connectivity index (χ4v) is 1.74. The third-order valence-corrected chi connectivity index (χ3v) is 2.80. The van der Waals surface area contributed by atoms with E-state index in [4.69, 9.17) is 12.2 Å². The van der Waals surface area contributed by atoms with Crippen LogP contribution in [0.25, 0.3) is 0 Å². The summed E-state index contributed by atoms with van der Waals surface area (Å²) in [6, 6.07) is 14.0. The lowest BCUT2D eigenvalue weighted by Gasteiger charge is -2.11. The summed E-state index contributed by atoms with van der Waals surface area (Å²) in [6.07, 6.45) is 1.76. The predicted molar refractivity (Wildman–Crippen MR) is 78.5 cm³/mol. The van der Waals surface area contributed by atoms with Crippen LogP contribution in [0.15, 0.2) is 48.7 Å². The van der Waals surface area contributed by atoms with Gasteiger partial charge in [-0.25, -0.2) is 0 Å². The lowest BCUT2D eigenvalue weighted by atomic mass is 10.2. The molecule has 0 aliphatic carbocycles. The van der Waals surface area contributed by atoms with Gasteiger partial charge in [0.05, 0.1) is 11.4 Å². The first-order valence-corrected chi connectivity index (χ1v) is 6.17. The average Bonchev–Trinajstić information content (AvgIpc) is 2.40. The van der Waals surface area contributed by atoms with Gasteiger partial charge in [-0.05, 0) is 36.8 Å². The Bertz CT molecular complexity index is 526. The first kappa shape index (κ1) is 12.5. The van der Waals surface area contributed by atoms with Gasteiger partial charge in [0.1, 0.15) is 0 Å². The number of benzene rings is 1. The van der Waals surface area contributed by atoms with Crippen molar-refractivity contribution in [2.24, 2.45) is 0 Å². The molecular weight excluding hydrogens is 242 g/mol. The van der Waals surface area contributed by atoms with Crippen LogP contribution in [0.5, 0.6) is 0 Å². The lowest BCUT2D eigenvalue weighted by Crippen LogP contribution is -2.28. The standard InChI is InChI=1S/C14H15N3S/c1-11-13(8-5-9-15-11)17-14(18)16-10-12-6-3-2-4-7-12/h2-9H,10H2,1H3,(H2,16,17,18). The molecule has 0 bridgehead atoms. The molecule has 0 saturated carbocycles. The molecule has 1 aromatic heterocycles. The number of nitrogens with zero attached hydrogens (tertiary/aromatic N) is 1.